The van der Waals surface area contributed by atoms with Gasteiger partial charge in [-0.05, 0) is 55.3 Å². The zero-order chi connectivity index (χ0) is 20.2. The number of thiazole rings is 1. The van der Waals surface area contributed by atoms with Crippen LogP contribution in [-0.4, -0.2) is 28.9 Å². The van der Waals surface area contributed by atoms with E-state index in [-0.39, 0.29) is 11.9 Å². The fraction of sp³-hybridized carbons (Fsp3) is 0.273. The Bertz CT molecular complexity index is 986. The molecule has 150 valence electrons. The normalized spacial score (nSPS) is 13.2. The van der Waals surface area contributed by atoms with Gasteiger partial charge in [0, 0.05) is 22.0 Å². The Labute approximate surface area is 178 Å². The number of nitrogens with zero attached hydrogens (tertiary/aromatic N) is 2. The molecule has 2 aromatic carbocycles. The third kappa shape index (κ3) is 5.08. The van der Waals surface area contributed by atoms with Crippen LogP contribution >= 0.6 is 22.9 Å². The Morgan fingerprint density at radius 1 is 1.21 bits per heavy atom. The second kappa shape index (κ2) is 8.84. The van der Waals surface area contributed by atoms with Crippen molar-refractivity contribution < 1.29 is 14.3 Å². The first-order chi connectivity index (χ1) is 14.1. The zero-order valence-electron chi connectivity index (χ0n) is 16.0. The van der Waals surface area contributed by atoms with Gasteiger partial charge in [-0.2, -0.15) is 0 Å². The first kappa shape index (κ1) is 19.7. The zero-order valence-corrected chi connectivity index (χ0v) is 17.6. The molecule has 0 unspecified atom stereocenters. The van der Waals surface area contributed by atoms with E-state index in [4.69, 9.17) is 21.1 Å². The van der Waals surface area contributed by atoms with Crippen molar-refractivity contribution in [1.82, 2.24) is 9.88 Å². The van der Waals surface area contributed by atoms with Gasteiger partial charge in [0.1, 0.15) is 23.1 Å². The van der Waals surface area contributed by atoms with Crippen LogP contribution in [0, 0.1) is 0 Å². The molecule has 1 saturated carbocycles. The maximum atomic E-state index is 13.1. The summed E-state index contributed by atoms with van der Waals surface area (Å²) in [6.07, 6.45) is 2.07. The van der Waals surface area contributed by atoms with Gasteiger partial charge in [0.25, 0.3) is 5.91 Å². The largest absolute Gasteiger partial charge is 0.497 e. The summed E-state index contributed by atoms with van der Waals surface area (Å²) in [4.78, 5) is 19.6. The van der Waals surface area contributed by atoms with Crippen LogP contribution < -0.4 is 9.47 Å². The van der Waals surface area contributed by atoms with Crippen molar-refractivity contribution >= 4 is 28.8 Å². The maximum Gasteiger partial charge on any atom is 0.254 e. The van der Waals surface area contributed by atoms with E-state index in [1.165, 1.54) is 11.3 Å². The summed E-state index contributed by atoms with van der Waals surface area (Å²) in [5.41, 5.74) is 1.52. The molecule has 0 spiro atoms. The predicted molar refractivity (Wildman–Crippen MR) is 114 cm³/mol. The quantitative estimate of drug-likeness (QED) is 0.495. The number of carbonyl (C=O) groups excluding carboxylic acids is 1. The summed E-state index contributed by atoms with van der Waals surface area (Å²) in [6, 6.07) is 14.8. The number of methoxy groups -OCH3 is 1. The Balaban J connectivity index is 1.41. The molecule has 1 aromatic heterocycles. The van der Waals surface area contributed by atoms with E-state index in [0.717, 1.165) is 29.3 Å². The van der Waals surface area contributed by atoms with E-state index in [0.29, 0.717) is 29.5 Å². The number of aromatic nitrogens is 1. The topological polar surface area (TPSA) is 51.7 Å². The van der Waals surface area contributed by atoms with Gasteiger partial charge in [0.05, 0.1) is 19.3 Å². The third-order valence-corrected chi connectivity index (χ3v) is 5.80. The predicted octanol–water partition coefficient (Wildman–Crippen LogP) is 5.19. The van der Waals surface area contributed by atoms with Crippen molar-refractivity contribution in [2.24, 2.45) is 0 Å². The number of benzene rings is 2. The van der Waals surface area contributed by atoms with Crippen LogP contribution in [0.1, 0.15) is 33.9 Å². The number of ether oxygens (including phenoxy) is 2. The minimum absolute atomic E-state index is 0.0124. The van der Waals surface area contributed by atoms with Gasteiger partial charge in [0.2, 0.25) is 0 Å². The highest BCUT2D eigenvalue weighted by atomic mass is 35.5. The van der Waals surface area contributed by atoms with Crippen LogP contribution in [0.3, 0.4) is 0 Å². The molecule has 0 atom stereocenters. The summed E-state index contributed by atoms with van der Waals surface area (Å²) in [7, 11) is 1.60. The lowest BCUT2D eigenvalue weighted by Gasteiger charge is -2.21. The number of hydrogen-bond donors (Lipinski definition) is 0. The molecule has 7 heteroatoms. The molecule has 1 heterocycles. The van der Waals surface area contributed by atoms with Crippen molar-refractivity contribution in [1.29, 1.82) is 0 Å². The van der Waals surface area contributed by atoms with Crippen molar-refractivity contribution in [2.75, 3.05) is 7.11 Å². The van der Waals surface area contributed by atoms with Crippen molar-refractivity contribution in [3.05, 3.63) is 75.2 Å². The van der Waals surface area contributed by atoms with Gasteiger partial charge in [-0.25, -0.2) is 4.98 Å². The number of halogens is 1. The van der Waals surface area contributed by atoms with Crippen LogP contribution in [0.25, 0.3) is 0 Å². The van der Waals surface area contributed by atoms with Crippen molar-refractivity contribution in [3.63, 3.8) is 0 Å². The minimum atomic E-state index is 0.0124. The standard InChI is InChI=1S/C22H21ClN2O3S/c1-27-20-4-2-3-15(11-20)22(26)25(18-7-8-18)12-17-14-29-21(24-17)13-28-19-9-5-16(23)6-10-19/h2-6,9-11,14,18H,7-8,12-13H2,1H3. The SMILES string of the molecule is COc1cccc(C(=O)N(Cc2csc(COc3ccc(Cl)cc3)n2)C2CC2)c1. The third-order valence-electron chi connectivity index (χ3n) is 4.67. The average Bonchev–Trinajstić information content (AvgIpc) is 3.50. The number of rotatable bonds is 8. The van der Waals surface area contributed by atoms with Crippen LogP contribution in [0.2, 0.25) is 5.02 Å². The minimum Gasteiger partial charge on any atom is -0.497 e. The molecule has 5 nitrogen and oxygen atoms in total. The van der Waals surface area contributed by atoms with Crippen molar-refractivity contribution in [2.45, 2.75) is 32.0 Å². The number of hydrogen-bond acceptors (Lipinski definition) is 5. The molecule has 4 rings (SSSR count). The Morgan fingerprint density at radius 2 is 2.00 bits per heavy atom. The van der Waals surface area contributed by atoms with Crippen LogP contribution in [0.5, 0.6) is 11.5 Å². The van der Waals surface area contributed by atoms with Gasteiger partial charge in [-0.1, -0.05) is 17.7 Å². The molecular formula is C22H21ClN2O3S. The Kier molecular flexibility index (Phi) is 6.02. The second-order valence-corrected chi connectivity index (χ2v) is 8.25. The van der Waals surface area contributed by atoms with E-state index in [1.54, 1.807) is 25.3 Å². The van der Waals surface area contributed by atoms with Gasteiger partial charge in [0.15, 0.2) is 0 Å². The second-order valence-electron chi connectivity index (χ2n) is 6.87. The van der Waals surface area contributed by atoms with E-state index < -0.39 is 0 Å². The lowest BCUT2D eigenvalue weighted by molar-refractivity contribution is 0.0727. The van der Waals surface area contributed by atoms with Gasteiger partial charge < -0.3 is 14.4 Å². The summed E-state index contributed by atoms with van der Waals surface area (Å²) in [5.74, 6) is 1.44. The molecule has 0 aliphatic heterocycles. The monoisotopic (exact) mass is 428 g/mol. The van der Waals surface area contributed by atoms with Gasteiger partial charge >= 0.3 is 0 Å². The molecule has 0 bridgehead atoms. The molecule has 29 heavy (non-hydrogen) atoms. The number of carbonyl (C=O) groups is 1. The Morgan fingerprint density at radius 3 is 2.72 bits per heavy atom. The van der Waals surface area contributed by atoms with Crippen molar-refractivity contribution in [3.8, 4) is 11.5 Å². The molecule has 1 aliphatic carbocycles. The molecule has 1 amide bonds. The van der Waals surface area contributed by atoms with E-state index in [1.807, 2.05) is 40.6 Å². The first-order valence-electron chi connectivity index (χ1n) is 9.39. The summed E-state index contributed by atoms with van der Waals surface area (Å²) in [6.45, 7) is 0.887. The number of amides is 1. The summed E-state index contributed by atoms with van der Waals surface area (Å²) < 4.78 is 11.0. The van der Waals surface area contributed by atoms with Crippen LogP contribution in [0.4, 0.5) is 0 Å². The lowest BCUT2D eigenvalue weighted by atomic mass is 10.2. The first-order valence-corrected chi connectivity index (χ1v) is 10.6. The molecular weight excluding hydrogens is 408 g/mol. The van der Waals surface area contributed by atoms with E-state index in [2.05, 4.69) is 4.98 Å². The summed E-state index contributed by atoms with van der Waals surface area (Å²) in [5, 5.41) is 3.55. The van der Waals surface area contributed by atoms with Crippen LogP contribution in [0.15, 0.2) is 53.9 Å². The molecule has 1 fully saturated rings. The maximum absolute atomic E-state index is 13.1. The fourth-order valence-corrected chi connectivity index (χ4v) is 3.84. The highest BCUT2D eigenvalue weighted by Gasteiger charge is 2.33. The highest BCUT2D eigenvalue weighted by Crippen LogP contribution is 2.30. The lowest BCUT2D eigenvalue weighted by Crippen LogP contribution is -2.32. The summed E-state index contributed by atoms with van der Waals surface area (Å²) >= 11 is 7.43. The average molecular weight is 429 g/mol. The van der Waals surface area contributed by atoms with Gasteiger partial charge in [-0.3, -0.25) is 4.79 Å². The van der Waals surface area contributed by atoms with Crippen LogP contribution in [-0.2, 0) is 13.2 Å². The van der Waals surface area contributed by atoms with E-state index >= 15 is 0 Å². The Hall–Kier alpha value is -2.57. The highest BCUT2D eigenvalue weighted by molar-refractivity contribution is 7.09. The molecule has 1 aliphatic rings. The molecule has 0 saturated heterocycles. The molecule has 0 radical (unpaired) electrons. The molecule has 0 N–H and O–H groups in total. The smallest absolute Gasteiger partial charge is 0.254 e. The fourth-order valence-electron chi connectivity index (χ4n) is 3.01. The van der Waals surface area contributed by atoms with Gasteiger partial charge in [-0.15, -0.1) is 11.3 Å². The molecule has 3 aromatic rings. The van der Waals surface area contributed by atoms with E-state index in [9.17, 15) is 4.79 Å².